The lowest BCUT2D eigenvalue weighted by atomic mass is 9.91. The first kappa shape index (κ1) is 14.3. The first-order valence-electron chi connectivity index (χ1n) is 6.73. The molecule has 19 heavy (non-hydrogen) atoms. The predicted octanol–water partition coefficient (Wildman–Crippen LogP) is 3.46. The molecule has 0 spiro atoms. The lowest BCUT2D eigenvalue weighted by Gasteiger charge is -2.26. The van der Waals surface area contributed by atoms with Crippen molar-refractivity contribution in [3.8, 4) is 0 Å². The third-order valence-corrected chi connectivity index (χ3v) is 5.07. The maximum atomic E-state index is 11.4. The number of carbonyl (C=O) groups is 1. The van der Waals surface area contributed by atoms with E-state index < -0.39 is 5.97 Å². The molecule has 2 atom stereocenters. The normalized spacial score (nSPS) is 23.3. The van der Waals surface area contributed by atoms with Gasteiger partial charge in [-0.1, -0.05) is 19.8 Å². The molecule has 1 heterocycles. The number of thioether (sulfide) groups is 1. The molecule has 1 aromatic rings. The summed E-state index contributed by atoms with van der Waals surface area (Å²) in [5.74, 6) is -0.180. The molecule has 0 amide bonds. The van der Waals surface area contributed by atoms with Crippen LogP contribution in [0.3, 0.4) is 0 Å². The van der Waals surface area contributed by atoms with Crippen LogP contribution in [-0.4, -0.2) is 26.5 Å². The van der Waals surface area contributed by atoms with E-state index in [9.17, 15) is 9.90 Å². The maximum Gasteiger partial charge on any atom is 0.338 e. The Balaban J connectivity index is 2.24. The first-order chi connectivity index (χ1) is 8.99. The van der Waals surface area contributed by atoms with Gasteiger partial charge in [0.1, 0.15) is 5.03 Å². The monoisotopic (exact) mass is 280 g/mol. The molecule has 1 aliphatic rings. The van der Waals surface area contributed by atoms with Gasteiger partial charge in [0.2, 0.25) is 0 Å². The van der Waals surface area contributed by atoms with E-state index in [1.165, 1.54) is 12.8 Å². The van der Waals surface area contributed by atoms with Crippen LogP contribution in [0.15, 0.2) is 5.03 Å². The van der Waals surface area contributed by atoms with E-state index in [2.05, 4.69) is 17.1 Å². The summed E-state index contributed by atoms with van der Waals surface area (Å²) in [6.45, 7) is 5.86. The highest BCUT2D eigenvalue weighted by Crippen LogP contribution is 2.37. The van der Waals surface area contributed by atoms with Gasteiger partial charge >= 0.3 is 5.97 Å². The number of carboxylic acids is 1. The Morgan fingerprint density at radius 3 is 2.68 bits per heavy atom. The molecule has 1 aromatic heterocycles. The molecule has 0 saturated heterocycles. The molecule has 104 valence electrons. The van der Waals surface area contributed by atoms with Crippen LogP contribution in [0, 0.1) is 19.8 Å². The zero-order valence-corrected chi connectivity index (χ0v) is 12.5. The van der Waals surface area contributed by atoms with E-state index in [-0.39, 0.29) is 0 Å². The summed E-state index contributed by atoms with van der Waals surface area (Å²) >= 11 is 1.59. The van der Waals surface area contributed by atoms with Crippen molar-refractivity contribution in [2.75, 3.05) is 0 Å². The van der Waals surface area contributed by atoms with Crippen LogP contribution in [0.25, 0.3) is 0 Å². The Morgan fingerprint density at radius 2 is 2.05 bits per heavy atom. The quantitative estimate of drug-likeness (QED) is 0.918. The predicted molar refractivity (Wildman–Crippen MR) is 75.7 cm³/mol. The minimum atomic E-state index is -0.901. The van der Waals surface area contributed by atoms with Crippen molar-refractivity contribution >= 4 is 17.7 Å². The largest absolute Gasteiger partial charge is 0.478 e. The molecule has 4 nitrogen and oxygen atoms in total. The lowest BCUT2D eigenvalue weighted by Crippen LogP contribution is -2.17. The van der Waals surface area contributed by atoms with Crippen LogP contribution in [0.2, 0.25) is 0 Å². The molecule has 1 fully saturated rings. The number of rotatable bonds is 3. The van der Waals surface area contributed by atoms with Gasteiger partial charge in [-0.3, -0.25) is 0 Å². The molecule has 2 rings (SSSR count). The zero-order chi connectivity index (χ0) is 14.0. The number of aromatic carboxylic acids is 1. The Kier molecular flexibility index (Phi) is 4.45. The fourth-order valence-electron chi connectivity index (χ4n) is 2.56. The van der Waals surface area contributed by atoms with Gasteiger partial charge < -0.3 is 5.11 Å². The van der Waals surface area contributed by atoms with Crippen molar-refractivity contribution in [3.05, 3.63) is 16.8 Å². The fraction of sp³-hybridized carbons (Fsp3) is 0.643. The third kappa shape index (κ3) is 3.26. The standard InChI is InChI=1S/C14H20N2O2S/c1-8-5-4-6-11(7-8)19-13-12(14(17)18)9(2)10(3)15-16-13/h8,11H,4-7H2,1-3H3,(H,17,18). The van der Waals surface area contributed by atoms with Crippen LogP contribution < -0.4 is 0 Å². The van der Waals surface area contributed by atoms with Crippen molar-refractivity contribution in [1.29, 1.82) is 0 Å². The van der Waals surface area contributed by atoms with Crippen molar-refractivity contribution in [2.24, 2.45) is 5.92 Å². The number of aryl methyl sites for hydroxylation is 1. The number of hydrogen-bond acceptors (Lipinski definition) is 4. The first-order valence-corrected chi connectivity index (χ1v) is 7.60. The molecular weight excluding hydrogens is 260 g/mol. The summed E-state index contributed by atoms with van der Waals surface area (Å²) in [6.07, 6.45) is 4.78. The average molecular weight is 280 g/mol. The smallest absolute Gasteiger partial charge is 0.338 e. The summed E-state index contributed by atoms with van der Waals surface area (Å²) < 4.78 is 0. The molecular formula is C14H20N2O2S. The summed E-state index contributed by atoms with van der Waals surface area (Å²) in [5, 5.41) is 18.6. The van der Waals surface area contributed by atoms with Crippen LogP contribution in [0.1, 0.15) is 54.2 Å². The third-order valence-electron chi connectivity index (χ3n) is 3.80. The lowest BCUT2D eigenvalue weighted by molar-refractivity contribution is 0.0690. The summed E-state index contributed by atoms with van der Waals surface area (Å²) in [5.41, 5.74) is 1.75. The Bertz CT molecular complexity index is 491. The highest BCUT2D eigenvalue weighted by Gasteiger charge is 2.24. The van der Waals surface area contributed by atoms with Gasteiger partial charge in [-0.05, 0) is 38.2 Å². The fourth-order valence-corrected chi connectivity index (χ4v) is 4.04. The molecule has 5 heteroatoms. The highest BCUT2D eigenvalue weighted by molar-refractivity contribution is 7.99. The van der Waals surface area contributed by atoms with Crippen LogP contribution >= 0.6 is 11.8 Å². The molecule has 0 aliphatic heterocycles. The van der Waals surface area contributed by atoms with E-state index in [0.717, 1.165) is 24.3 Å². The SMILES string of the molecule is Cc1nnc(SC2CCCC(C)C2)c(C(=O)O)c1C. The zero-order valence-electron chi connectivity index (χ0n) is 11.6. The average Bonchev–Trinajstić information content (AvgIpc) is 2.33. The van der Waals surface area contributed by atoms with Crippen LogP contribution in [0.4, 0.5) is 0 Å². The summed E-state index contributed by atoms with van der Waals surface area (Å²) in [7, 11) is 0. The molecule has 1 N–H and O–H groups in total. The second kappa shape index (κ2) is 5.90. The number of nitrogens with zero attached hydrogens (tertiary/aromatic N) is 2. The van der Waals surface area contributed by atoms with Gasteiger partial charge in [0.25, 0.3) is 0 Å². The van der Waals surface area contributed by atoms with E-state index in [0.29, 0.717) is 21.5 Å². The molecule has 0 radical (unpaired) electrons. The second-order valence-corrected chi connectivity index (χ2v) is 6.70. The van der Waals surface area contributed by atoms with Crippen LogP contribution in [-0.2, 0) is 0 Å². The molecule has 0 aromatic carbocycles. The van der Waals surface area contributed by atoms with Crippen molar-refractivity contribution in [1.82, 2.24) is 10.2 Å². The van der Waals surface area contributed by atoms with Gasteiger partial charge in [-0.15, -0.1) is 16.9 Å². The van der Waals surface area contributed by atoms with E-state index in [1.54, 1.807) is 25.6 Å². The van der Waals surface area contributed by atoms with E-state index >= 15 is 0 Å². The van der Waals surface area contributed by atoms with Crippen molar-refractivity contribution in [3.63, 3.8) is 0 Å². The Labute approximate surface area is 118 Å². The van der Waals surface area contributed by atoms with Gasteiger partial charge in [0.15, 0.2) is 0 Å². The maximum absolute atomic E-state index is 11.4. The molecule has 1 saturated carbocycles. The minimum Gasteiger partial charge on any atom is -0.478 e. The minimum absolute atomic E-state index is 0.329. The number of aromatic nitrogens is 2. The molecule has 1 aliphatic carbocycles. The van der Waals surface area contributed by atoms with Gasteiger partial charge in [-0.2, -0.15) is 5.10 Å². The molecule has 2 unspecified atom stereocenters. The van der Waals surface area contributed by atoms with E-state index in [1.807, 2.05) is 0 Å². The summed E-state index contributed by atoms with van der Waals surface area (Å²) in [4.78, 5) is 11.4. The second-order valence-electron chi connectivity index (χ2n) is 5.41. The van der Waals surface area contributed by atoms with Crippen LogP contribution in [0.5, 0.6) is 0 Å². The number of carboxylic acid groups (broad SMARTS) is 1. The topological polar surface area (TPSA) is 63.1 Å². The molecule has 0 bridgehead atoms. The highest BCUT2D eigenvalue weighted by atomic mass is 32.2. The Morgan fingerprint density at radius 1 is 1.32 bits per heavy atom. The van der Waals surface area contributed by atoms with E-state index in [4.69, 9.17) is 0 Å². The van der Waals surface area contributed by atoms with Gasteiger partial charge in [-0.25, -0.2) is 4.79 Å². The van der Waals surface area contributed by atoms with Crippen molar-refractivity contribution in [2.45, 2.75) is 56.7 Å². The Hall–Kier alpha value is -1.10. The number of hydrogen-bond donors (Lipinski definition) is 1. The van der Waals surface area contributed by atoms with Gasteiger partial charge in [0.05, 0.1) is 11.3 Å². The van der Waals surface area contributed by atoms with Crippen molar-refractivity contribution < 1.29 is 9.90 Å². The van der Waals surface area contributed by atoms with Gasteiger partial charge in [0, 0.05) is 5.25 Å². The summed E-state index contributed by atoms with van der Waals surface area (Å²) in [6, 6.07) is 0.